The Hall–Kier alpha value is -1.76. The summed E-state index contributed by atoms with van der Waals surface area (Å²) < 4.78 is 9.67. The number of carbonyl (C=O) groups excluding carboxylic acids is 1. The maximum Gasteiger partial charge on any atom is 0.317 e. The van der Waals surface area contributed by atoms with Gasteiger partial charge in [0.2, 0.25) is 0 Å². The van der Waals surface area contributed by atoms with Gasteiger partial charge in [-0.2, -0.15) is 0 Å². The highest BCUT2D eigenvalue weighted by Crippen LogP contribution is 2.09. The largest absolute Gasteiger partial charge is 0.465 e. The molecule has 0 aliphatic carbocycles. The van der Waals surface area contributed by atoms with E-state index < -0.39 is 0 Å². The highest BCUT2D eigenvalue weighted by atomic mass is 16.5. The van der Waals surface area contributed by atoms with E-state index in [1.165, 1.54) is 0 Å². The summed E-state index contributed by atoms with van der Waals surface area (Å²) in [6.07, 6.45) is 0.0951. The van der Waals surface area contributed by atoms with E-state index in [2.05, 4.69) is 17.0 Å². The highest BCUT2D eigenvalue weighted by molar-refractivity contribution is 5.72. The van der Waals surface area contributed by atoms with Crippen LogP contribution in [-0.2, 0) is 9.53 Å². The van der Waals surface area contributed by atoms with Crippen LogP contribution < -0.4 is 0 Å². The predicted molar refractivity (Wildman–Crippen MR) is 54.1 cm³/mol. The van der Waals surface area contributed by atoms with Crippen molar-refractivity contribution in [1.82, 2.24) is 5.16 Å². The molecular formula is C11H13NO3. The second-order valence-electron chi connectivity index (χ2n) is 2.98. The monoisotopic (exact) mass is 207 g/mol. The summed E-state index contributed by atoms with van der Waals surface area (Å²) in [6, 6.07) is 0. The van der Waals surface area contributed by atoms with Gasteiger partial charge in [0.1, 0.15) is 12.2 Å². The Morgan fingerprint density at radius 1 is 1.53 bits per heavy atom. The molecule has 0 radical (unpaired) electrons. The van der Waals surface area contributed by atoms with Crippen molar-refractivity contribution in [2.24, 2.45) is 0 Å². The van der Waals surface area contributed by atoms with Gasteiger partial charge in [-0.25, -0.2) is 0 Å². The Balaban J connectivity index is 2.62. The molecule has 4 heteroatoms. The maximum atomic E-state index is 11.0. The van der Waals surface area contributed by atoms with Crippen molar-refractivity contribution < 1.29 is 14.1 Å². The molecule has 1 aromatic rings. The molecule has 80 valence electrons. The summed E-state index contributed by atoms with van der Waals surface area (Å²) in [4.78, 5) is 11.0. The lowest BCUT2D eigenvalue weighted by Gasteiger charge is -1.94. The van der Waals surface area contributed by atoms with Crippen molar-refractivity contribution in [1.29, 1.82) is 0 Å². The SMILES string of the molecule is CCOC(=O)CC#Cc1c(C)noc1C. The van der Waals surface area contributed by atoms with Gasteiger partial charge in [-0.05, 0) is 20.8 Å². The molecule has 15 heavy (non-hydrogen) atoms. The molecule has 1 rings (SSSR count). The fraction of sp³-hybridized carbons (Fsp3) is 0.455. The van der Waals surface area contributed by atoms with Gasteiger partial charge in [-0.15, -0.1) is 0 Å². The van der Waals surface area contributed by atoms with Crippen molar-refractivity contribution in [2.75, 3.05) is 6.61 Å². The van der Waals surface area contributed by atoms with E-state index in [0.29, 0.717) is 12.4 Å². The van der Waals surface area contributed by atoms with Gasteiger partial charge in [0.05, 0.1) is 17.9 Å². The maximum absolute atomic E-state index is 11.0. The first-order valence-electron chi connectivity index (χ1n) is 4.72. The zero-order chi connectivity index (χ0) is 11.3. The molecular weight excluding hydrogens is 194 g/mol. The quantitative estimate of drug-likeness (QED) is 0.546. The lowest BCUT2D eigenvalue weighted by atomic mass is 10.2. The number of carbonyl (C=O) groups is 1. The van der Waals surface area contributed by atoms with Gasteiger partial charge < -0.3 is 9.26 Å². The third-order valence-corrected chi connectivity index (χ3v) is 1.78. The van der Waals surface area contributed by atoms with E-state index in [0.717, 1.165) is 11.3 Å². The molecule has 0 N–H and O–H groups in total. The number of ether oxygens (including phenoxy) is 1. The van der Waals surface area contributed by atoms with Crippen LogP contribution in [0.1, 0.15) is 30.4 Å². The standard InChI is InChI=1S/C11H13NO3/c1-4-14-11(13)7-5-6-10-8(2)12-15-9(10)3/h4,7H2,1-3H3. The van der Waals surface area contributed by atoms with Gasteiger partial charge in [-0.3, -0.25) is 4.79 Å². The van der Waals surface area contributed by atoms with Crippen molar-refractivity contribution in [3.05, 3.63) is 17.0 Å². The lowest BCUT2D eigenvalue weighted by molar-refractivity contribution is -0.141. The first-order chi connectivity index (χ1) is 7.15. The van der Waals surface area contributed by atoms with Gasteiger partial charge in [0.25, 0.3) is 0 Å². The fourth-order valence-corrected chi connectivity index (χ4v) is 1.08. The second kappa shape index (κ2) is 5.20. The van der Waals surface area contributed by atoms with Crippen LogP contribution >= 0.6 is 0 Å². The summed E-state index contributed by atoms with van der Waals surface area (Å²) in [6.45, 7) is 5.74. The minimum absolute atomic E-state index is 0.0951. The second-order valence-corrected chi connectivity index (χ2v) is 2.98. The van der Waals surface area contributed by atoms with E-state index in [4.69, 9.17) is 9.26 Å². The zero-order valence-electron chi connectivity index (χ0n) is 9.09. The molecule has 0 saturated heterocycles. The molecule has 0 amide bonds. The fourth-order valence-electron chi connectivity index (χ4n) is 1.08. The summed E-state index contributed by atoms with van der Waals surface area (Å²) in [5.41, 5.74) is 1.49. The van der Waals surface area contributed by atoms with Crippen molar-refractivity contribution in [2.45, 2.75) is 27.2 Å². The van der Waals surface area contributed by atoms with Gasteiger partial charge in [0.15, 0.2) is 0 Å². The summed E-state index contributed by atoms with van der Waals surface area (Å²) in [5, 5.41) is 3.76. The Labute approximate surface area is 88.6 Å². The topological polar surface area (TPSA) is 52.3 Å². The number of esters is 1. The normalized spacial score (nSPS) is 9.27. The smallest absolute Gasteiger partial charge is 0.317 e. The molecule has 0 aliphatic heterocycles. The van der Waals surface area contributed by atoms with Crippen LogP contribution in [0.25, 0.3) is 0 Å². The number of nitrogens with zero attached hydrogens (tertiary/aromatic N) is 1. The first-order valence-corrected chi connectivity index (χ1v) is 4.72. The summed E-state index contributed by atoms with van der Waals surface area (Å²) in [7, 11) is 0. The number of rotatable bonds is 2. The Morgan fingerprint density at radius 3 is 2.80 bits per heavy atom. The zero-order valence-corrected chi connectivity index (χ0v) is 9.09. The Morgan fingerprint density at radius 2 is 2.27 bits per heavy atom. The minimum atomic E-state index is -0.309. The number of hydrogen-bond acceptors (Lipinski definition) is 4. The third kappa shape index (κ3) is 3.13. The molecule has 1 heterocycles. The van der Waals surface area contributed by atoms with Gasteiger partial charge in [-0.1, -0.05) is 17.0 Å². The molecule has 1 aromatic heterocycles. The van der Waals surface area contributed by atoms with Crippen molar-refractivity contribution in [3.63, 3.8) is 0 Å². The molecule has 0 atom stereocenters. The van der Waals surface area contributed by atoms with E-state index in [1.54, 1.807) is 13.8 Å². The molecule has 0 aliphatic rings. The van der Waals surface area contributed by atoms with Crippen molar-refractivity contribution >= 4 is 5.97 Å². The average Bonchev–Trinajstić information content (AvgIpc) is 2.49. The highest BCUT2D eigenvalue weighted by Gasteiger charge is 2.05. The minimum Gasteiger partial charge on any atom is -0.465 e. The summed E-state index contributed by atoms with van der Waals surface area (Å²) >= 11 is 0. The van der Waals surface area contributed by atoms with Crippen LogP contribution in [0.4, 0.5) is 0 Å². The van der Waals surface area contributed by atoms with Crippen LogP contribution in [0.15, 0.2) is 4.52 Å². The molecule has 0 fully saturated rings. The first kappa shape index (κ1) is 11.3. The van der Waals surface area contributed by atoms with E-state index in [9.17, 15) is 4.79 Å². The lowest BCUT2D eigenvalue weighted by Crippen LogP contribution is -2.01. The van der Waals surface area contributed by atoms with E-state index in [1.807, 2.05) is 6.92 Å². The Kier molecular flexibility index (Phi) is 3.92. The number of aryl methyl sites for hydroxylation is 2. The van der Waals surface area contributed by atoms with E-state index in [-0.39, 0.29) is 12.4 Å². The molecule has 4 nitrogen and oxygen atoms in total. The predicted octanol–water partition coefficient (Wildman–Crippen LogP) is 1.60. The molecule has 0 spiro atoms. The molecule has 0 saturated carbocycles. The van der Waals surface area contributed by atoms with E-state index >= 15 is 0 Å². The molecule has 0 bridgehead atoms. The van der Waals surface area contributed by atoms with Crippen molar-refractivity contribution in [3.8, 4) is 11.8 Å². The van der Waals surface area contributed by atoms with Crippen LogP contribution in [-0.4, -0.2) is 17.7 Å². The van der Waals surface area contributed by atoms with Crippen LogP contribution in [0.3, 0.4) is 0 Å². The van der Waals surface area contributed by atoms with Crippen LogP contribution in [0.5, 0.6) is 0 Å². The molecule has 0 unspecified atom stereocenters. The number of aromatic nitrogens is 1. The van der Waals surface area contributed by atoms with Crippen LogP contribution in [0.2, 0.25) is 0 Å². The Bertz CT molecular complexity index is 390. The van der Waals surface area contributed by atoms with Gasteiger partial charge in [0, 0.05) is 0 Å². The third-order valence-electron chi connectivity index (χ3n) is 1.78. The van der Waals surface area contributed by atoms with Crippen LogP contribution in [0, 0.1) is 25.7 Å². The average molecular weight is 207 g/mol. The molecule has 0 aromatic carbocycles. The number of hydrogen-bond donors (Lipinski definition) is 0. The van der Waals surface area contributed by atoms with Gasteiger partial charge >= 0.3 is 5.97 Å². The summed E-state index contributed by atoms with van der Waals surface area (Å²) in [5.74, 6) is 5.93.